The zero-order valence-electron chi connectivity index (χ0n) is 7.38. The number of isocyanates is 1. The molecule has 74 valence electrons. The van der Waals surface area contributed by atoms with E-state index < -0.39 is 0 Å². The van der Waals surface area contributed by atoms with Crippen molar-refractivity contribution in [3.8, 4) is 5.75 Å². The number of aliphatic imine (C=N–C) groups is 1. The topological polar surface area (TPSA) is 38.7 Å². The van der Waals surface area contributed by atoms with Gasteiger partial charge >= 0.3 is 0 Å². The molecule has 0 radical (unpaired) electrons. The number of benzene rings is 1. The van der Waals surface area contributed by atoms with Gasteiger partial charge in [-0.1, -0.05) is 23.2 Å². The van der Waals surface area contributed by atoms with Crippen LogP contribution in [0.5, 0.6) is 5.75 Å². The SMILES string of the molecule is COc1cc(Cl)cc(CN=C=O)c1Cl. The summed E-state index contributed by atoms with van der Waals surface area (Å²) in [6, 6.07) is 3.23. The molecule has 0 bridgehead atoms. The van der Waals surface area contributed by atoms with Crippen LogP contribution < -0.4 is 4.74 Å². The minimum absolute atomic E-state index is 0.152. The van der Waals surface area contributed by atoms with Crippen LogP contribution in [0.4, 0.5) is 0 Å². The molecule has 0 atom stereocenters. The Hall–Kier alpha value is -1.02. The van der Waals surface area contributed by atoms with Crippen molar-refractivity contribution >= 4 is 29.3 Å². The van der Waals surface area contributed by atoms with E-state index in [0.29, 0.717) is 21.4 Å². The summed E-state index contributed by atoms with van der Waals surface area (Å²) in [5.74, 6) is 0.468. The third-order valence-electron chi connectivity index (χ3n) is 1.61. The summed E-state index contributed by atoms with van der Waals surface area (Å²) in [4.78, 5) is 13.3. The first-order chi connectivity index (χ1) is 6.69. The summed E-state index contributed by atoms with van der Waals surface area (Å²) >= 11 is 11.7. The Morgan fingerprint density at radius 1 is 1.50 bits per heavy atom. The standard InChI is InChI=1S/C9H7Cl2NO2/c1-14-8-3-7(10)2-6(9(8)11)4-12-5-13/h2-3H,4H2,1H3. The van der Waals surface area contributed by atoms with Gasteiger partial charge in [0.25, 0.3) is 0 Å². The zero-order chi connectivity index (χ0) is 10.6. The number of methoxy groups -OCH3 is 1. The van der Waals surface area contributed by atoms with Crippen LogP contribution in [0.3, 0.4) is 0 Å². The molecule has 0 fully saturated rings. The first-order valence-electron chi connectivity index (χ1n) is 3.74. The normalized spacial score (nSPS) is 9.36. The van der Waals surface area contributed by atoms with Gasteiger partial charge in [-0.15, -0.1) is 0 Å². The lowest BCUT2D eigenvalue weighted by atomic mass is 10.2. The van der Waals surface area contributed by atoms with Crippen molar-refractivity contribution < 1.29 is 9.53 Å². The molecule has 0 aliphatic heterocycles. The first kappa shape index (κ1) is 11.1. The Kier molecular flexibility index (Phi) is 3.96. The lowest BCUT2D eigenvalue weighted by Crippen LogP contribution is -1.90. The van der Waals surface area contributed by atoms with E-state index in [1.54, 1.807) is 12.1 Å². The van der Waals surface area contributed by atoms with Gasteiger partial charge in [-0.05, 0) is 11.6 Å². The van der Waals surface area contributed by atoms with E-state index in [-0.39, 0.29) is 6.54 Å². The largest absolute Gasteiger partial charge is 0.495 e. The molecular weight excluding hydrogens is 225 g/mol. The molecule has 0 unspecified atom stereocenters. The van der Waals surface area contributed by atoms with Gasteiger partial charge < -0.3 is 4.74 Å². The van der Waals surface area contributed by atoms with Gasteiger partial charge in [0, 0.05) is 11.1 Å². The van der Waals surface area contributed by atoms with E-state index in [1.165, 1.54) is 13.2 Å². The number of halogens is 2. The van der Waals surface area contributed by atoms with Crippen LogP contribution in [0.1, 0.15) is 5.56 Å². The average Bonchev–Trinajstić information content (AvgIpc) is 2.18. The predicted octanol–water partition coefficient (Wildman–Crippen LogP) is 2.84. The van der Waals surface area contributed by atoms with E-state index in [4.69, 9.17) is 27.9 Å². The number of rotatable bonds is 3. The lowest BCUT2D eigenvalue weighted by molar-refractivity contribution is 0.414. The molecule has 3 nitrogen and oxygen atoms in total. The highest BCUT2D eigenvalue weighted by molar-refractivity contribution is 6.34. The molecule has 0 aliphatic rings. The van der Waals surface area contributed by atoms with Crippen molar-refractivity contribution in [1.29, 1.82) is 0 Å². The fourth-order valence-electron chi connectivity index (χ4n) is 0.999. The van der Waals surface area contributed by atoms with Gasteiger partial charge in [0.15, 0.2) is 0 Å². The first-order valence-corrected chi connectivity index (χ1v) is 4.50. The summed E-state index contributed by atoms with van der Waals surface area (Å²) in [5.41, 5.74) is 0.638. The monoisotopic (exact) mass is 231 g/mol. The number of ether oxygens (including phenoxy) is 1. The van der Waals surface area contributed by atoms with Crippen molar-refractivity contribution in [2.75, 3.05) is 7.11 Å². The predicted molar refractivity (Wildman–Crippen MR) is 54.8 cm³/mol. The Morgan fingerprint density at radius 2 is 2.21 bits per heavy atom. The van der Waals surface area contributed by atoms with Crippen molar-refractivity contribution in [2.45, 2.75) is 6.54 Å². The molecule has 14 heavy (non-hydrogen) atoms. The molecule has 1 aromatic carbocycles. The second-order valence-electron chi connectivity index (χ2n) is 2.49. The molecule has 0 spiro atoms. The smallest absolute Gasteiger partial charge is 0.235 e. The summed E-state index contributed by atoms with van der Waals surface area (Å²) in [6.07, 6.45) is 1.43. The van der Waals surface area contributed by atoms with Gasteiger partial charge in [0.1, 0.15) is 5.75 Å². The van der Waals surface area contributed by atoms with Gasteiger partial charge in [0.2, 0.25) is 6.08 Å². The molecule has 0 aromatic heterocycles. The Labute approximate surface area is 91.3 Å². The van der Waals surface area contributed by atoms with Gasteiger partial charge in [-0.25, -0.2) is 9.79 Å². The van der Waals surface area contributed by atoms with E-state index in [0.717, 1.165) is 0 Å². The second-order valence-corrected chi connectivity index (χ2v) is 3.30. The summed E-state index contributed by atoms with van der Waals surface area (Å²) < 4.78 is 4.99. The molecule has 0 N–H and O–H groups in total. The molecular formula is C9H7Cl2NO2. The molecule has 0 amide bonds. The highest BCUT2D eigenvalue weighted by Gasteiger charge is 2.08. The molecule has 0 aliphatic carbocycles. The molecule has 0 saturated carbocycles. The van der Waals surface area contributed by atoms with Crippen molar-refractivity contribution in [1.82, 2.24) is 0 Å². The number of hydrogen-bond acceptors (Lipinski definition) is 3. The van der Waals surface area contributed by atoms with Crippen LogP contribution in [0.15, 0.2) is 17.1 Å². The van der Waals surface area contributed by atoms with E-state index in [9.17, 15) is 4.79 Å². The Bertz CT molecular complexity index is 387. The maximum absolute atomic E-state index is 9.93. The fourth-order valence-corrected chi connectivity index (χ4v) is 1.48. The minimum Gasteiger partial charge on any atom is -0.495 e. The number of carbonyl (C=O) groups excluding carboxylic acids is 1. The maximum atomic E-state index is 9.93. The highest BCUT2D eigenvalue weighted by atomic mass is 35.5. The number of nitrogens with zero attached hydrogens (tertiary/aromatic N) is 1. The van der Waals surface area contributed by atoms with Crippen molar-refractivity contribution in [3.05, 3.63) is 27.7 Å². The van der Waals surface area contributed by atoms with Crippen LogP contribution >= 0.6 is 23.2 Å². The molecule has 5 heteroatoms. The summed E-state index contributed by atoms with van der Waals surface area (Å²) in [7, 11) is 1.49. The van der Waals surface area contributed by atoms with Crippen LogP contribution in [0.25, 0.3) is 0 Å². The third-order valence-corrected chi connectivity index (χ3v) is 2.26. The average molecular weight is 232 g/mol. The lowest BCUT2D eigenvalue weighted by Gasteiger charge is -2.07. The van der Waals surface area contributed by atoms with E-state index in [2.05, 4.69) is 4.99 Å². The van der Waals surface area contributed by atoms with E-state index >= 15 is 0 Å². The number of hydrogen-bond donors (Lipinski definition) is 0. The van der Waals surface area contributed by atoms with Gasteiger partial charge in [-0.2, -0.15) is 0 Å². The quantitative estimate of drug-likeness (QED) is 0.593. The van der Waals surface area contributed by atoms with Gasteiger partial charge in [0.05, 0.1) is 18.7 Å². The fraction of sp³-hybridized carbons (Fsp3) is 0.222. The van der Waals surface area contributed by atoms with E-state index in [1.807, 2.05) is 0 Å². The van der Waals surface area contributed by atoms with Gasteiger partial charge in [-0.3, -0.25) is 0 Å². The highest BCUT2D eigenvalue weighted by Crippen LogP contribution is 2.32. The summed E-state index contributed by atoms with van der Waals surface area (Å²) in [5, 5.41) is 0.901. The minimum atomic E-state index is 0.152. The second kappa shape index (κ2) is 5.01. The Balaban J connectivity index is 3.14. The Morgan fingerprint density at radius 3 is 2.79 bits per heavy atom. The zero-order valence-corrected chi connectivity index (χ0v) is 8.89. The van der Waals surface area contributed by atoms with Crippen LogP contribution in [0, 0.1) is 0 Å². The van der Waals surface area contributed by atoms with Crippen LogP contribution in [-0.4, -0.2) is 13.2 Å². The van der Waals surface area contributed by atoms with Crippen molar-refractivity contribution in [2.24, 2.45) is 4.99 Å². The molecule has 1 rings (SSSR count). The molecule has 0 saturated heterocycles. The maximum Gasteiger partial charge on any atom is 0.235 e. The summed E-state index contributed by atoms with van der Waals surface area (Å²) in [6.45, 7) is 0.152. The van der Waals surface area contributed by atoms with Crippen LogP contribution in [0.2, 0.25) is 10.0 Å². The third kappa shape index (κ3) is 2.48. The van der Waals surface area contributed by atoms with Crippen LogP contribution in [-0.2, 0) is 11.3 Å². The van der Waals surface area contributed by atoms with Crippen molar-refractivity contribution in [3.63, 3.8) is 0 Å². The molecule has 1 aromatic rings. The molecule has 0 heterocycles.